The number of nitrogens with zero attached hydrogens (tertiary/aromatic N) is 1. The van der Waals surface area contributed by atoms with E-state index in [4.69, 9.17) is 17.3 Å². The predicted octanol–water partition coefficient (Wildman–Crippen LogP) is 1.35. The molecule has 0 spiro atoms. The summed E-state index contributed by atoms with van der Waals surface area (Å²) in [6.07, 6.45) is 3.06. The zero-order valence-electron chi connectivity index (χ0n) is 9.90. The summed E-state index contributed by atoms with van der Waals surface area (Å²) in [4.78, 5) is 15.8. The molecule has 2 rings (SSSR count). The van der Waals surface area contributed by atoms with Gasteiger partial charge in [0.2, 0.25) is 0 Å². The molecule has 1 aromatic rings. The Kier molecular flexibility index (Phi) is 4.04. The summed E-state index contributed by atoms with van der Waals surface area (Å²) < 4.78 is 0. The normalized spacial score (nSPS) is 23.7. The summed E-state index contributed by atoms with van der Waals surface area (Å²) in [5.74, 6) is -0.0752. The smallest absolute Gasteiger partial charge is 0.251 e. The van der Waals surface area contributed by atoms with Gasteiger partial charge in [-0.2, -0.15) is 0 Å². The van der Waals surface area contributed by atoms with E-state index in [-0.39, 0.29) is 22.9 Å². The van der Waals surface area contributed by atoms with Crippen molar-refractivity contribution in [3.8, 4) is 0 Å². The average Bonchev–Trinajstić information content (AvgIpc) is 2.31. The zero-order valence-corrected chi connectivity index (χ0v) is 10.7. The fraction of sp³-hybridized carbons (Fsp3) is 0.500. The van der Waals surface area contributed by atoms with Crippen LogP contribution < -0.4 is 11.1 Å². The van der Waals surface area contributed by atoms with Gasteiger partial charge in [0.25, 0.3) is 5.91 Å². The van der Waals surface area contributed by atoms with Crippen LogP contribution in [0.3, 0.4) is 0 Å². The molecule has 2 unspecified atom stereocenters. The highest BCUT2D eigenvalue weighted by Gasteiger charge is 2.25. The molecule has 5 nitrogen and oxygen atoms in total. The highest BCUT2D eigenvalue weighted by atomic mass is 35.5. The van der Waals surface area contributed by atoms with E-state index < -0.39 is 6.10 Å². The number of amides is 1. The molecule has 0 aliphatic heterocycles. The lowest BCUT2D eigenvalue weighted by atomic mass is 9.92. The Labute approximate surface area is 110 Å². The molecule has 1 saturated carbocycles. The molecule has 18 heavy (non-hydrogen) atoms. The number of pyridine rings is 1. The molecule has 0 saturated heterocycles. The minimum atomic E-state index is -0.475. The number of halogens is 1. The van der Waals surface area contributed by atoms with E-state index in [1.165, 1.54) is 12.1 Å². The highest BCUT2D eigenvalue weighted by Crippen LogP contribution is 2.19. The Morgan fingerprint density at radius 3 is 2.83 bits per heavy atom. The van der Waals surface area contributed by atoms with Gasteiger partial charge in [-0.1, -0.05) is 24.4 Å². The summed E-state index contributed by atoms with van der Waals surface area (Å²) in [5, 5.41) is 12.8. The van der Waals surface area contributed by atoms with E-state index in [1.54, 1.807) is 0 Å². The average molecular weight is 270 g/mol. The molecular weight excluding hydrogens is 254 g/mol. The minimum Gasteiger partial charge on any atom is -0.391 e. The molecule has 1 heterocycles. The molecule has 6 heteroatoms. The Balaban J connectivity index is 2.06. The second kappa shape index (κ2) is 5.54. The molecule has 1 aliphatic rings. The number of aliphatic hydroxyl groups excluding tert-OH is 1. The fourth-order valence-corrected chi connectivity index (χ4v) is 2.39. The molecule has 1 aliphatic carbocycles. The maximum atomic E-state index is 12.0. The van der Waals surface area contributed by atoms with Gasteiger partial charge in [-0.25, -0.2) is 4.98 Å². The number of carbonyl (C=O) groups excluding carboxylic acids is 1. The number of nitrogens with one attached hydrogen (secondary N) is 1. The topological polar surface area (TPSA) is 88.2 Å². The van der Waals surface area contributed by atoms with E-state index in [9.17, 15) is 9.90 Å². The van der Waals surface area contributed by atoms with Gasteiger partial charge in [0.1, 0.15) is 11.0 Å². The number of aromatic nitrogens is 1. The van der Waals surface area contributed by atoms with Crippen LogP contribution in [0.25, 0.3) is 0 Å². The van der Waals surface area contributed by atoms with Crippen LogP contribution in [0.15, 0.2) is 12.1 Å². The van der Waals surface area contributed by atoms with Crippen molar-refractivity contribution < 1.29 is 9.90 Å². The number of anilines is 1. The van der Waals surface area contributed by atoms with Crippen molar-refractivity contribution in [2.75, 3.05) is 5.73 Å². The fourth-order valence-electron chi connectivity index (χ4n) is 2.18. The number of aliphatic hydroxyl groups is 1. The van der Waals surface area contributed by atoms with Crippen molar-refractivity contribution in [2.24, 2.45) is 0 Å². The third-order valence-electron chi connectivity index (χ3n) is 3.12. The molecule has 0 aromatic carbocycles. The van der Waals surface area contributed by atoms with Crippen molar-refractivity contribution >= 4 is 23.3 Å². The van der Waals surface area contributed by atoms with Crippen LogP contribution in [0, 0.1) is 0 Å². The monoisotopic (exact) mass is 269 g/mol. The van der Waals surface area contributed by atoms with Crippen LogP contribution in [0.5, 0.6) is 0 Å². The first-order chi connectivity index (χ1) is 8.56. The minimum absolute atomic E-state index is 0.185. The Morgan fingerprint density at radius 1 is 1.44 bits per heavy atom. The van der Waals surface area contributed by atoms with Crippen LogP contribution in [-0.2, 0) is 0 Å². The second-order valence-corrected chi connectivity index (χ2v) is 4.92. The molecule has 4 N–H and O–H groups in total. The summed E-state index contributed by atoms with van der Waals surface area (Å²) in [5.41, 5.74) is 5.90. The molecule has 2 atom stereocenters. The first kappa shape index (κ1) is 13.1. The van der Waals surface area contributed by atoms with Crippen molar-refractivity contribution in [1.82, 2.24) is 10.3 Å². The number of nitrogens with two attached hydrogens (primary N) is 1. The van der Waals surface area contributed by atoms with E-state index >= 15 is 0 Å². The highest BCUT2D eigenvalue weighted by molar-refractivity contribution is 6.29. The predicted molar refractivity (Wildman–Crippen MR) is 69.4 cm³/mol. The second-order valence-electron chi connectivity index (χ2n) is 4.54. The van der Waals surface area contributed by atoms with Gasteiger partial charge in [-0.3, -0.25) is 4.79 Å². The number of hydrogen-bond donors (Lipinski definition) is 3. The molecule has 0 radical (unpaired) electrons. The lowest BCUT2D eigenvalue weighted by Crippen LogP contribution is -2.45. The van der Waals surface area contributed by atoms with Crippen LogP contribution in [-0.4, -0.2) is 28.1 Å². The first-order valence-electron chi connectivity index (χ1n) is 5.98. The third-order valence-corrected chi connectivity index (χ3v) is 3.32. The van der Waals surface area contributed by atoms with Crippen LogP contribution in [0.2, 0.25) is 5.15 Å². The molecule has 1 fully saturated rings. The van der Waals surface area contributed by atoms with Crippen LogP contribution in [0.4, 0.5) is 5.82 Å². The van der Waals surface area contributed by atoms with Crippen LogP contribution in [0.1, 0.15) is 36.0 Å². The largest absolute Gasteiger partial charge is 0.391 e. The molecule has 1 amide bonds. The van der Waals surface area contributed by atoms with Crippen molar-refractivity contribution in [2.45, 2.75) is 37.8 Å². The number of nitrogen functional groups attached to an aromatic ring is 1. The maximum Gasteiger partial charge on any atom is 0.251 e. The summed E-state index contributed by atoms with van der Waals surface area (Å²) in [6.45, 7) is 0. The lowest BCUT2D eigenvalue weighted by molar-refractivity contribution is 0.0717. The Morgan fingerprint density at radius 2 is 2.17 bits per heavy atom. The maximum absolute atomic E-state index is 12.0. The van der Waals surface area contributed by atoms with Gasteiger partial charge in [-0.05, 0) is 25.0 Å². The third kappa shape index (κ3) is 3.11. The first-order valence-corrected chi connectivity index (χ1v) is 6.36. The molecular formula is C12H16ClN3O2. The van der Waals surface area contributed by atoms with Gasteiger partial charge in [-0.15, -0.1) is 0 Å². The van der Waals surface area contributed by atoms with Gasteiger partial charge < -0.3 is 16.2 Å². The standard InChI is InChI=1S/C12H16ClN3O2/c13-10-5-7(6-11(14)16-10)12(18)15-8-3-1-2-4-9(8)17/h5-6,8-9,17H,1-4H2,(H2,14,16)(H,15,18). The van der Waals surface area contributed by atoms with E-state index in [1.807, 2.05) is 0 Å². The van der Waals surface area contributed by atoms with Gasteiger partial charge in [0, 0.05) is 5.56 Å². The quantitative estimate of drug-likeness (QED) is 0.707. The number of carbonyl (C=O) groups is 1. The van der Waals surface area contributed by atoms with E-state index in [0.29, 0.717) is 5.56 Å². The van der Waals surface area contributed by atoms with E-state index in [2.05, 4.69) is 10.3 Å². The van der Waals surface area contributed by atoms with Crippen molar-refractivity contribution in [3.05, 3.63) is 22.8 Å². The van der Waals surface area contributed by atoms with E-state index in [0.717, 1.165) is 25.7 Å². The van der Waals surface area contributed by atoms with Gasteiger partial charge >= 0.3 is 0 Å². The lowest BCUT2D eigenvalue weighted by Gasteiger charge is -2.28. The SMILES string of the molecule is Nc1cc(C(=O)NC2CCCCC2O)cc(Cl)n1. The number of hydrogen-bond acceptors (Lipinski definition) is 4. The summed E-state index contributed by atoms with van der Waals surface area (Å²) in [7, 11) is 0. The number of rotatable bonds is 2. The summed E-state index contributed by atoms with van der Waals surface area (Å²) >= 11 is 5.75. The summed E-state index contributed by atoms with van der Waals surface area (Å²) in [6, 6.07) is 2.73. The molecule has 98 valence electrons. The molecule has 0 bridgehead atoms. The van der Waals surface area contributed by atoms with Crippen molar-refractivity contribution in [3.63, 3.8) is 0 Å². The Hall–Kier alpha value is -1.33. The zero-order chi connectivity index (χ0) is 13.1. The van der Waals surface area contributed by atoms with Gasteiger partial charge in [0.15, 0.2) is 0 Å². The van der Waals surface area contributed by atoms with Gasteiger partial charge in [0.05, 0.1) is 12.1 Å². The Bertz CT molecular complexity index is 433. The molecule has 1 aromatic heterocycles. The van der Waals surface area contributed by atoms with Crippen LogP contribution >= 0.6 is 11.6 Å². The van der Waals surface area contributed by atoms with Crippen molar-refractivity contribution in [1.29, 1.82) is 0 Å².